The number of benzene rings is 9. The molecule has 9 aromatic carbocycles. The molecule has 1 aliphatic heterocycles. The highest BCUT2D eigenvalue weighted by molar-refractivity contribution is 6.10. The average molecular weight is 784 g/mol. The second-order valence-corrected chi connectivity index (χ2v) is 16.6. The fourth-order valence-electron chi connectivity index (χ4n) is 9.84. The van der Waals surface area contributed by atoms with E-state index in [4.69, 9.17) is 4.74 Å². The van der Waals surface area contributed by atoms with Crippen LogP contribution in [0.25, 0.3) is 49.7 Å². The first-order valence-corrected chi connectivity index (χ1v) is 21.0. The van der Waals surface area contributed by atoms with Crippen molar-refractivity contribution in [1.82, 2.24) is 4.57 Å². The Morgan fingerprint density at radius 1 is 0.410 bits per heavy atom. The summed E-state index contributed by atoms with van der Waals surface area (Å²) in [6, 6.07) is 76.3. The van der Waals surface area contributed by atoms with Gasteiger partial charge in [0.15, 0.2) is 11.5 Å². The topological polar surface area (TPSA) is 20.6 Å². The Hall–Kier alpha value is -7.82. The fraction of sp³-hybridized carbons (Fsp3) is 0.0526. The SMILES string of the molecule is CC1(C)c2ccccc2-c2cc(-n3c4ccccc4c4cc(-c5ccc6c(c5)Oc5ccccc5N6c5ccc(N(c6ccccc6)c6ccccc6)cc5)ccc43)ccc21. The van der Waals surface area contributed by atoms with E-state index in [0.29, 0.717) is 0 Å². The van der Waals surface area contributed by atoms with Crippen molar-refractivity contribution >= 4 is 55.9 Å². The number of rotatable bonds is 6. The summed E-state index contributed by atoms with van der Waals surface area (Å²) in [7, 11) is 0. The Balaban J connectivity index is 0.932. The van der Waals surface area contributed by atoms with Gasteiger partial charge in [-0.3, -0.25) is 0 Å². The molecule has 4 heteroatoms. The summed E-state index contributed by atoms with van der Waals surface area (Å²) in [5.74, 6) is 1.64. The minimum absolute atomic E-state index is 0.0322. The van der Waals surface area contributed by atoms with Crippen LogP contribution in [-0.2, 0) is 5.41 Å². The van der Waals surface area contributed by atoms with Crippen molar-refractivity contribution in [1.29, 1.82) is 0 Å². The molecule has 0 atom stereocenters. The first-order valence-electron chi connectivity index (χ1n) is 21.0. The van der Waals surface area contributed by atoms with Crippen LogP contribution in [0.2, 0.25) is 0 Å². The summed E-state index contributed by atoms with van der Waals surface area (Å²) in [5, 5.41) is 2.46. The summed E-state index contributed by atoms with van der Waals surface area (Å²) in [6.07, 6.45) is 0. The van der Waals surface area contributed by atoms with E-state index in [1.807, 2.05) is 6.07 Å². The summed E-state index contributed by atoms with van der Waals surface area (Å²) in [5.41, 5.74) is 17.6. The van der Waals surface area contributed by atoms with Crippen LogP contribution in [0.15, 0.2) is 212 Å². The van der Waals surface area contributed by atoms with Crippen LogP contribution in [0, 0.1) is 0 Å². The molecule has 2 aliphatic rings. The Morgan fingerprint density at radius 3 is 1.80 bits per heavy atom. The second kappa shape index (κ2) is 13.6. The van der Waals surface area contributed by atoms with E-state index in [2.05, 4.69) is 234 Å². The van der Waals surface area contributed by atoms with Gasteiger partial charge in [-0.1, -0.05) is 123 Å². The van der Waals surface area contributed by atoms with Gasteiger partial charge in [-0.05, 0) is 137 Å². The molecule has 0 unspecified atom stereocenters. The van der Waals surface area contributed by atoms with Crippen LogP contribution >= 0.6 is 0 Å². The number of anilines is 6. The molecular weight excluding hydrogens is 743 g/mol. The number of ether oxygens (including phenoxy) is 1. The Kier molecular flexibility index (Phi) is 7.85. The quantitative estimate of drug-likeness (QED) is 0.168. The monoisotopic (exact) mass is 783 g/mol. The summed E-state index contributed by atoms with van der Waals surface area (Å²) >= 11 is 0. The van der Waals surface area contributed by atoms with Crippen molar-refractivity contribution in [3.05, 3.63) is 223 Å². The molecule has 0 fully saturated rings. The van der Waals surface area contributed by atoms with Crippen LogP contribution in [0.4, 0.5) is 34.1 Å². The highest BCUT2D eigenvalue weighted by Crippen LogP contribution is 2.53. The Bertz CT molecular complexity index is 3270. The molecule has 1 aromatic heterocycles. The summed E-state index contributed by atoms with van der Waals surface area (Å²) in [6.45, 7) is 4.68. The Labute approximate surface area is 355 Å². The lowest BCUT2D eigenvalue weighted by Crippen LogP contribution is -2.16. The molecule has 2 heterocycles. The van der Waals surface area contributed by atoms with Gasteiger partial charge >= 0.3 is 0 Å². The van der Waals surface area contributed by atoms with Crippen LogP contribution in [-0.4, -0.2) is 4.57 Å². The van der Waals surface area contributed by atoms with Crippen molar-refractivity contribution in [3.8, 4) is 39.4 Å². The van der Waals surface area contributed by atoms with Gasteiger partial charge in [-0.2, -0.15) is 0 Å². The molecule has 1 aliphatic carbocycles. The predicted octanol–water partition coefficient (Wildman–Crippen LogP) is 15.8. The normalized spacial score (nSPS) is 13.3. The first kappa shape index (κ1) is 35.2. The third kappa shape index (κ3) is 5.53. The van der Waals surface area contributed by atoms with E-state index < -0.39 is 0 Å². The standard InChI is InChI=1S/C57H41N3O/c1-57(2)49-21-11-9-19-45(49)47-37-44(31-32-50(47)57)60-51-22-12-10-20-46(51)48-35-38(25-33-52(48)60)39-26-34-54-56(36-39)61-55-24-14-13-23-53(55)59(54)43-29-27-42(28-30-43)58(40-15-5-3-6-16-40)41-17-7-4-8-18-41/h3-37H,1-2H3. The van der Waals surface area contributed by atoms with E-state index in [-0.39, 0.29) is 5.41 Å². The van der Waals surface area contributed by atoms with Crippen molar-refractivity contribution in [2.45, 2.75) is 19.3 Å². The van der Waals surface area contributed by atoms with Crippen molar-refractivity contribution in [2.24, 2.45) is 0 Å². The van der Waals surface area contributed by atoms with Crippen molar-refractivity contribution in [2.75, 3.05) is 9.80 Å². The molecule has 0 amide bonds. The number of hydrogen-bond donors (Lipinski definition) is 0. The molecule has 0 saturated carbocycles. The third-order valence-corrected chi connectivity index (χ3v) is 12.8. The minimum atomic E-state index is -0.0322. The predicted molar refractivity (Wildman–Crippen MR) is 253 cm³/mol. The Morgan fingerprint density at radius 2 is 1.00 bits per heavy atom. The number of hydrogen-bond acceptors (Lipinski definition) is 3. The molecule has 0 saturated heterocycles. The van der Waals surface area contributed by atoms with Crippen molar-refractivity contribution < 1.29 is 4.74 Å². The van der Waals surface area contributed by atoms with E-state index >= 15 is 0 Å². The lowest BCUT2D eigenvalue weighted by atomic mass is 9.82. The third-order valence-electron chi connectivity index (χ3n) is 12.8. The van der Waals surface area contributed by atoms with Gasteiger partial charge in [0, 0.05) is 44.6 Å². The maximum Gasteiger partial charge on any atom is 0.152 e. The van der Waals surface area contributed by atoms with E-state index in [1.54, 1.807) is 0 Å². The highest BCUT2D eigenvalue weighted by atomic mass is 16.5. The molecule has 10 aromatic rings. The van der Waals surface area contributed by atoms with Gasteiger partial charge in [0.2, 0.25) is 0 Å². The van der Waals surface area contributed by atoms with E-state index in [1.165, 1.54) is 49.7 Å². The molecule has 0 N–H and O–H groups in total. The molecule has 0 bridgehead atoms. The number of para-hydroxylation sites is 5. The lowest BCUT2D eigenvalue weighted by molar-refractivity contribution is 0.477. The van der Waals surface area contributed by atoms with Gasteiger partial charge < -0.3 is 19.1 Å². The number of nitrogens with zero attached hydrogens (tertiary/aromatic N) is 3. The molecule has 0 spiro atoms. The van der Waals surface area contributed by atoms with Gasteiger partial charge in [-0.25, -0.2) is 0 Å². The first-order chi connectivity index (χ1) is 30.0. The number of aromatic nitrogens is 1. The fourth-order valence-corrected chi connectivity index (χ4v) is 9.84. The zero-order valence-corrected chi connectivity index (χ0v) is 34.0. The zero-order valence-electron chi connectivity index (χ0n) is 34.0. The number of fused-ring (bicyclic) bond motifs is 8. The van der Waals surface area contributed by atoms with Crippen LogP contribution in [0.3, 0.4) is 0 Å². The average Bonchev–Trinajstić information content (AvgIpc) is 3.76. The summed E-state index contributed by atoms with van der Waals surface area (Å²) < 4.78 is 9.14. The maximum absolute atomic E-state index is 6.71. The molecule has 61 heavy (non-hydrogen) atoms. The molecular formula is C57H41N3O. The molecule has 12 rings (SSSR count). The van der Waals surface area contributed by atoms with Crippen LogP contribution in [0.5, 0.6) is 11.5 Å². The van der Waals surface area contributed by atoms with E-state index in [0.717, 1.165) is 56.8 Å². The zero-order chi connectivity index (χ0) is 40.7. The largest absolute Gasteiger partial charge is 0.453 e. The maximum atomic E-state index is 6.71. The van der Waals surface area contributed by atoms with Gasteiger partial charge in [0.25, 0.3) is 0 Å². The van der Waals surface area contributed by atoms with E-state index in [9.17, 15) is 0 Å². The molecule has 290 valence electrons. The minimum Gasteiger partial charge on any atom is -0.453 e. The molecule has 0 radical (unpaired) electrons. The van der Waals surface area contributed by atoms with Crippen LogP contribution in [0.1, 0.15) is 25.0 Å². The van der Waals surface area contributed by atoms with Gasteiger partial charge in [0.1, 0.15) is 0 Å². The highest BCUT2D eigenvalue weighted by Gasteiger charge is 2.35. The van der Waals surface area contributed by atoms with Gasteiger partial charge in [0.05, 0.1) is 22.4 Å². The van der Waals surface area contributed by atoms with Crippen LogP contribution < -0.4 is 14.5 Å². The second-order valence-electron chi connectivity index (χ2n) is 16.6. The van der Waals surface area contributed by atoms with Crippen molar-refractivity contribution in [3.63, 3.8) is 0 Å². The lowest BCUT2D eigenvalue weighted by Gasteiger charge is -2.33. The summed E-state index contributed by atoms with van der Waals surface area (Å²) in [4.78, 5) is 4.60. The smallest absolute Gasteiger partial charge is 0.152 e. The van der Waals surface area contributed by atoms with Gasteiger partial charge in [-0.15, -0.1) is 0 Å². The molecule has 4 nitrogen and oxygen atoms in total.